The molecule has 0 saturated carbocycles. The zero-order chi connectivity index (χ0) is 28.6. The van der Waals surface area contributed by atoms with Crippen LogP contribution < -0.4 is 20.7 Å². The minimum absolute atomic E-state index is 0.00506. The van der Waals surface area contributed by atoms with Gasteiger partial charge in [0.15, 0.2) is 0 Å². The van der Waals surface area contributed by atoms with Crippen molar-refractivity contribution in [1.29, 1.82) is 0 Å². The van der Waals surface area contributed by atoms with Crippen molar-refractivity contribution in [1.82, 2.24) is 20.7 Å². The van der Waals surface area contributed by atoms with Gasteiger partial charge in [-0.2, -0.15) is 4.79 Å². The molecule has 40 heavy (non-hydrogen) atoms. The topological polar surface area (TPSA) is 174 Å². The van der Waals surface area contributed by atoms with Gasteiger partial charge in [0.1, 0.15) is 23.6 Å². The van der Waals surface area contributed by atoms with Gasteiger partial charge in [-0.1, -0.05) is 18.2 Å². The second-order valence-corrected chi connectivity index (χ2v) is 9.36. The van der Waals surface area contributed by atoms with E-state index in [-0.39, 0.29) is 31.7 Å². The van der Waals surface area contributed by atoms with E-state index < -0.39 is 41.8 Å². The Hall–Kier alpha value is -5.03. The molecule has 0 aromatic heterocycles. The maximum atomic E-state index is 13.5. The van der Waals surface area contributed by atoms with Crippen molar-refractivity contribution in [2.24, 2.45) is 0 Å². The summed E-state index contributed by atoms with van der Waals surface area (Å²) in [5.74, 6) is -0.993. The van der Waals surface area contributed by atoms with Gasteiger partial charge in [0, 0.05) is 18.7 Å². The van der Waals surface area contributed by atoms with Crippen LogP contribution in [0.25, 0.3) is 5.53 Å². The number of anilines is 1. The zero-order valence-corrected chi connectivity index (χ0v) is 21.8. The van der Waals surface area contributed by atoms with Gasteiger partial charge in [-0.15, -0.1) is 0 Å². The number of hydrogen-bond acceptors (Lipinski definition) is 6. The molecule has 3 atom stereocenters. The smallest absolute Gasteiger partial charge is 0.325 e. The normalized spacial score (nSPS) is 19.3. The highest BCUT2D eigenvalue weighted by Crippen LogP contribution is 2.26. The number of nitrogens with zero attached hydrogens (tertiary/aromatic N) is 4. The second-order valence-electron chi connectivity index (χ2n) is 9.36. The average molecular weight is 548 g/mol. The molecule has 208 valence electrons. The number of carbonyl (C=O) groups is 5. The van der Waals surface area contributed by atoms with Crippen LogP contribution >= 0.6 is 0 Å². The molecular weight excluding hydrogens is 518 g/mol. The SMILES string of the molecule is C[C@H](NC(=O)[C@@H]1CCCN2C(=O)CC[C@H](NC(=O)Nc3ccc(Oc4ccccc4)cc3)C(=O)N12)C(=O)C=[N+]=[N-]. The molecule has 0 unspecified atom stereocenters. The quantitative estimate of drug-likeness (QED) is 0.258. The number of ether oxygens (including phenoxy) is 1. The Morgan fingerprint density at radius 3 is 2.45 bits per heavy atom. The number of hydrazine groups is 1. The molecule has 3 N–H and O–H groups in total. The van der Waals surface area contributed by atoms with Crippen molar-refractivity contribution in [2.45, 2.75) is 50.7 Å². The predicted molar refractivity (Wildman–Crippen MR) is 142 cm³/mol. The molecule has 2 saturated heterocycles. The van der Waals surface area contributed by atoms with E-state index in [1.165, 1.54) is 11.9 Å². The second kappa shape index (κ2) is 12.7. The van der Waals surface area contributed by atoms with Crippen LogP contribution in [0.15, 0.2) is 54.6 Å². The number of hydrogen-bond donors (Lipinski definition) is 3. The van der Waals surface area contributed by atoms with Crippen LogP contribution in [0.4, 0.5) is 10.5 Å². The maximum absolute atomic E-state index is 13.5. The first-order valence-electron chi connectivity index (χ1n) is 12.8. The Kier molecular flexibility index (Phi) is 8.87. The molecule has 2 aliphatic rings. The lowest BCUT2D eigenvalue weighted by molar-refractivity contribution is -0.176. The zero-order valence-electron chi connectivity index (χ0n) is 21.8. The predicted octanol–water partition coefficient (Wildman–Crippen LogP) is 1.87. The third-order valence-corrected chi connectivity index (χ3v) is 6.53. The highest BCUT2D eigenvalue weighted by Gasteiger charge is 2.45. The number of benzene rings is 2. The number of amides is 5. The first kappa shape index (κ1) is 28.0. The maximum Gasteiger partial charge on any atom is 0.325 e. The fraction of sp³-hybridized carbons (Fsp3) is 0.333. The van der Waals surface area contributed by atoms with E-state index in [0.717, 1.165) is 5.01 Å². The molecule has 2 heterocycles. The van der Waals surface area contributed by atoms with Gasteiger partial charge in [-0.25, -0.2) is 9.80 Å². The van der Waals surface area contributed by atoms with Crippen LogP contribution in [0.1, 0.15) is 32.6 Å². The van der Waals surface area contributed by atoms with Crippen molar-refractivity contribution in [3.05, 3.63) is 60.1 Å². The van der Waals surface area contributed by atoms with E-state index >= 15 is 0 Å². The fourth-order valence-electron chi connectivity index (χ4n) is 4.51. The molecule has 2 aromatic rings. The highest BCUT2D eigenvalue weighted by atomic mass is 16.5. The Bertz CT molecular complexity index is 1330. The van der Waals surface area contributed by atoms with E-state index in [0.29, 0.717) is 29.8 Å². The summed E-state index contributed by atoms with van der Waals surface area (Å²) in [6.45, 7) is 1.66. The number of Topliss-reactive ketones (excluding diaryl/α,β-unsaturated/α-hetero) is 1. The van der Waals surface area contributed by atoms with Crippen LogP contribution in [-0.2, 0) is 19.2 Å². The molecule has 5 amide bonds. The Morgan fingerprint density at radius 1 is 1.05 bits per heavy atom. The molecule has 0 bridgehead atoms. The number of fused-ring (bicyclic) bond motifs is 1. The van der Waals surface area contributed by atoms with Crippen LogP contribution in [0.2, 0.25) is 0 Å². The number of ketones is 1. The van der Waals surface area contributed by atoms with Crippen LogP contribution in [-0.4, -0.2) is 75.2 Å². The highest BCUT2D eigenvalue weighted by molar-refractivity contribution is 6.28. The molecule has 2 aliphatic heterocycles. The van der Waals surface area contributed by atoms with Gasteiger partial charge in [0.05, 0.1) is 6.04 Å². The Balaban J connectivity index is 1.41. The monoisotopic (exact) mass is 547 g/mol. The largest absolute Gasteiger partial charge is 0.457 e. The molecule has 0 radical (unpaired) electrons. The number of para-hydroxylation sites is 1. The minimum Gasteiger partial charge on any atom is -0.457 e. The van der Waals surface area contributed by atoms with E-state index in [1.807, 2.05) is 30.3 Å². The summed E-state index contributed by atoms with van der Waals surface area (Å²) in [6, 6.07) is 12.1. The molecule has 0 aliphatic carbocycles. The number of nitrogens with one attached hydrogen (secondary N) is 3. The van der Waals surface area contributed by atoms with Crippen LogP contribution in [0.5, 0.6) is 11.5 Å². The Labute approximate surface area is 230 Å². The van der Waals surface area contributed by atoms with E-state index in [1.54, 1.807) is 24.3 Å². The molecule has 2 fully saturated rings. The van der Waals surface area contributed by atoms with Crippen molar-refractivity contribution in [2.75, 3.05) is 11.9 Å². The van der Waals surface area contributed by atoms with Gasteiger partial charge >= 0.3 is 12.2 Å². The first-order valence-corrected chi connectivity index (χ1v) is 12.8. The number of rotatable bonds is 8. The lowest BCUT2D eigenvalue weighted by atomic mass is 10.0. The molecule has 13 nitrogen and oxygen atoms in total. The van der Waals surface area contributed by atoms with Crippen molar-refractivity contribution in [3.63, 3.8) is 0 Å². The molecule has 4 rings (SSSR count). The van der Waals surface area contributed by atoms with Gasteiger partial charge in [-0.05, 0) is 62.6 Å². The summed E-state index contributed by atoms with van der Waals surface area (Å²) in [5.41, 5.74) is 9.03. The van der Waals surface area contributed by atoms with E-state index in [4.69, 9.17) is 10.3 Å². The number of carbonyl (C=O) groups excluding carboxylic acids is 5. The summed E-state index contributed by atoms with van der Waals surface area (Å²) < 4.78 is 5.74. The van der Waals surface area contributed by atoms with Gasteiger partial charge < -0.3 is 26.2 Å². The lowest BCUT2D eigenvalue weighted by Crippen LogP contribution is -2.64. The molecule has 2 aromatic carbocycles. The molecule has 0 spiro atoms. The average Bonchev–Trinajstić information content (AvgIpc) is 3.06. The van der Waals surface area contributed by atoms with Gasteiger partial charge in [-0.3, -0.25) is 24.2 Å². The molecular formula is C27H29N7O6. The summed E-state index contributed by atoms with van der Waals surface area (Å²) in [4.78, 5) is 66.8. The van der Waals surface area contributed by atoms with Crippen molar-refractivity contribution in [3.8, 4) is 11.5 Å². The third kappa shape index (κ3) is 6.69. The van der Waals surface area contributed by atoms with Crippen LogP contribution in [0.3, 0.4) is 0 Å². The van der Waals surface area contributed by atoms with Crippen LogP contribution in [0, 0.1) is 0 Å². The fourth-order valence-corrected chi connectivity index (χ4v) is 4.51. The van der Waals surface area contributed by atoms with Crippen molar-refractivity contribution >= 4 is 41.4 Å². The lowest BCUT2D eigenvalue weighted by Gasteiger charge is -2.43. The first-order chi connectivity index (χ1) is 19.3. The third-order valence-electron chi connectivity index (χ3n) is 6.53. The Morgan fingerprint density at radius 2 is 1.75 bits per heavy atom. The summed E-state index contributed by atoms with van der Waals surface area (Å²) in [7, 11) is 0. The minimum atomic E-state index is -1.07. The summed E-state index contributed by atoms with van der Waals surface area (Å²) >= 11 is 0. The number of urea groups is 1. The standard InChI is InChI=1S/C27H29N7O6/c1-17(23(35)16-29-28)30-25(37)22-8-5-15-33-24(36)14-13-21(26(38)34(22)33)32-27(39)31-18-9-11-20(12-10-18)40-19-6-3-2-4-7-19/h2-4,6-7,9-12,16-17,21-22H,5,8,13-15H2,1H3,(H,30,37)(H2,31,32,39)/t17-,21-,22-/m0/s1. The van der Waals surface area contributed by atoms with Crippen molar-refractivity contribution < 1.29 is 33.5 Å². The van der Waals surface area contributed by atoms with E-state index in [9.17, 15) is 24.0 Å². The van der Waals surface area contributed by atoms with E-state index in [2.05, 4.69) is 20.7 Å². The summed E-state index contributed by atoms with van der Waals surface area (Å²) in [6.07, 6.45) is 1.44. The molecule has 13 heteroatoms. The summed E-state index contributed by atoms with van der Waals surface area (Å²) in [5, 5.41) is 10.1. The van der Waals surface area contributed by atoms with Gasteiger partial charge in [0.2, 0.25) is 11.8 Å². The van der Waals surface area contributed by atoms with Gasteiger partial charge in [0.25, 0.3) is 11.7 Å².